The molecule has 0 spiro atoms. The van der Waals surface area contributed by atoms with Gasteiger partial charge in [0.25, 0.3) is 0 Å². The van der Waals surface area contributed by atoms with E-state index in [2.05, 4.69) is 0 Å². The molecule has 0 unspecified atom stereocenters. The highest BCUT2D eigenvalue weighted by atomic mass is 32.2. The van der Waals surface area contributed by atoms with Crippen LogP contribution < -0.4 is 10.6 Å². The smallest absolute Gasteiger partial charge is 0.370 e. The van der Waals surface area contributed by atoms with E-state index in [0.717, 1.165) is 24.6 Å². The number of rotatable bonds is 2. The molecule has 100 valence electrons. The molecule has 18 heavy (non-hydrogen) atoms. The van der Waals surface area contributed by atoms with E-state index in [1.807, 2.05) is 16.7 Å². The second-order valence-corrected chi connectivity index (χ2v) is 5.37. The Kier molecular flexibility index (Phi) is 4.07. The lowest BCUT2D eigenvalue weighted by Crippen LogP contribution is -2.32. The van der Waals surface area contributed by atoms with E-state index in [1.54, 1.807) is 6.07 Å². The summed E-state index contributed by atoms with van der Waals surface area (Å²) in [4.78, 5) is 1.99. The van der Waals surface area contributed by atoms with Gasteiger partial charge in [-0.05, 0) is 17.7 Å². The Balaban J connectivity index is 2.33. The highest BCUT2D eigenvalue weighted by Gasteiger charge is 2.33. The minimum atomic E-state index is -4.34. The van der Waals surface area contributed by atoms with E-state index in [4.69, 9.17) is 5.73 Å². The summed E-state index contributed by atoms with van der Waals surface area (Å²) in [6, 6.07) is 4.44. The van der Waals surface area contributed by atoms with Crippen molar-refractivity contribution in [3.8, 4) is 0 Å². The van der Waals surface area contributed by atoms with Crippen LogP contribution in [-0.2, 0) is 12.7 Å². The third kappa shape index (κ3) is 2.92. The molecule has 0 saturated carbocycles. The predicted octanol–water partition coefficient (Wildman–Crippen LogP) is 2.72. The summed E-state index contributed by atoms with van der Waals surface area (Å²) in [5.41, 5.74) is 5.54. The largest absolute Gasteiger partial charge is 0.416 e. The maximum absolute atomic E-state index is 12.9. The second kappa shape index (κ2) is 5.40. The lowest BCUT2D eigenvalue weighted by Gasteiger charge is -2.29. The quantitative estimate of drug-likeness (QED) is 0.900. The van der Waals surface area contributed by atoms with E-state index < -0.39 is 11.7 Å². The Morgan fingerprint density at radius 2 is 1.89 bits per heavy atom. The predicted molar refractivity (Wildman–Crippen MR) is 68.9 cm³/mol. The standard InChI is InChI=1S/C12H15F3N2S/c13-12(14,15)11-7-10(2-1-9(11)8-16)17-3-5-18-6-4-17/h1-2,7H,3-6,8,16H2. The van der Waals surface area contributed by atoms with Crippen LogP contribution >= 0.6 is 11.8 Å². The van der Waals surface area contributed by atoms with Gasteiger partial charge in [-0.25, -0.2) is 0 Å². The van der Waals surface area contributed by atoms with Crippen molar-refractivity contribution in [1.82, 2.24) is 0 Å². The van der Waals surface area contributed by atoms with Crippen LogP contribution in [0.3, 0.4) is 0 Å². The van der Waals surface area contributed by atoms with Gasteiger partial charge in [-0.2, -0.15) is 24.9 Å². The molecule has 1 aliphatic rings. The molecule has 1 heterocycles. The monoisotopic (exact) mass is 276 g/mol. The van der Waals surface area contributed by atoms with Gasteiger partial charge in [0, 0.05) is 36.8 Å². The van der Waals surface area contributed by atoms with Crippen molar-refractivity contribution in [2.45, 2.75) is 12.7 Å². The van der Waals surface area contributed by atoms with Gasteiger partial charge in [-0.3, -0.25) is 0 Å². The zero-order valence-electron chi connectivity index (χ0n) is 9.83. The van der Waals surface area contributed by atoms with Gasteiger partial charge < -0.3 is 10.6 Å². The first-order valence-electron chi connectivity index (χ1n) is 5.75. The summed E-state index contributed by atoms with van der Waals surface area (Å²) in [6.45, 7) is 1.50. The lowest BCUT2D eigenvalue weighted by molar-refractivity contribution is -0.138. The Hall–Kier alpha value is -0.880. The molecule has 6 heteroatoms. The first-order chi connectivity index (χ1) is 8.52. The van der Waals surface area contributed by atoms with Gasteiger partial charge in [0.15, 0.2) is 0 Å². The third-order valence-electron chi connectivity index (χ3n) is 2.99. The maximum atomic E-state index is 12.9. The van der Waals surface area contributed by atoms with Crippen LogP contribution in [0.15, 0.2) is 18.2 Å². The topological polar surface area (TPSA) is 29.3 Å². The number of hydrogen-bond acceptors (Lipinski definition) is 3. The van der Waals surface area contributed by atoms with Crippen LogP contribution in [0.1, 0.15) is 11.1 Å². The fourth-order valence-electron chi connectivity index (χ4n) is 2.02. The molecule has 2 rings (SSSR count). The van der Waals surface area contributed by atoms with Crippen molar-refractivity contribution in [1.29, 1.82) is 0 Å². The molecular weight excluding hydrogens is 261 g/mol. The molecule has 1 fully saturated rings. The Labute approximate surface area is 108 Å². The lowest BCUT2D eigenvalue weighted by atomic mass is 10.1. The highest BCUT2D eigenvalue weighted by molar-refractivity contribution is 7.99. The van der Waals surface area contributed by atoms with E-state index in [-0.39, 0.29) is 12.1 Å². The Morgan fingerprint density at radius 3 is 2.44 bits per heavy atom. The zero-order valence-corrected chi connectivity index (χ0v) is 10.7. The van der Waals surface area contributed by atoms with Crippen molar-refractivity contribution >= 4 is 17.4 Å². The molecule has 1 aromatic rings. The van der Waals surface area contributed by atoms with Crippen molar-refractivity contribution in [3.05, 3.63) is 29.3 Å². The molecular formula is C12H15F3N2S. The number of halogens is 3. The maximum Gasteiger partial charge on any atom is 0.416 e. The van der Waals surface area contributed by atoms with Crippen molar-refractivity contribution < 1.29 is 13.2 Å². The van der Waals surface area contributed by atoms with Gasteiger partial charge in [-0.15, -0.1) is 0 Å². The summed E-state index contributed by atoms with van der Waals surface area (Å²) < 4.78 is 38.7. The minimum Gasteiger partial charge on any atom is -0.370 e. The Bertz CT molecular complexity index is 414. The number of anilines is 1. The van der Waals surface area contributed by atoms with Crippen molar-refractivity contribution in [2.75, 3.05) is 29.5 Å². The van der Waals surface area contributed by atoms with Gasteiger partial charge in [0.2, 0.25) is 0 Å². The number of benzene rings is 1. The molecule has 0 atom stereocenters. The molecule has 0 bridgehead atoms. The molecule has 0 aromatic heterocycles. The molecule has 0 aliphatic carbocycles. The van der Waals surface area contributed by atoms with Gasteiger partial charge in [0.05, 0.1) is 5.56 Å². The first-order valence-corrected chi connectivity index (χ1v) is 6.90. The van der Waals surface area contributed by atoms with Gasteiger partial charge in [0.1, 0.15) is 0 Å². The average molecular weight is 276 g/mol. The normalized spacial score (nSPS) is 17.0. The highest BCUT2D eigenvalue weighted by Crippen LogP contribution is 2.35. The van der Waals surface area contributed by atoms with Crippen molar-refractivity contribution in [3.63, 3.8) is 0 Å². The first kappa shape index (κ1) is 13.5. The molecule has 2 nitrogen and oxygen atoms in total. The molecule has 0 radical (unpaired) electrons. The number of nitrogens with two attached hydrogens (primary N) is 1. The van der Waals surface area contributed by atoms with Crippen LogP contribution in [0.5, 0.6) is 0 Å². The zero-order chi connectivity index (χ0) is 13.2. The van der Waals surface area contributed by atoms with Crippen LogP contribution in [-0.4, -0.2) is 24.6 Å². The number of alkyl halides is 3. The summed E-state index contributed by atoms with van der Waals surface area (Å²) >= 11 is 1.83. The molecule has 2 N–H and O–H groups in total. The van der Waals surface area contributed by atoms with Gasteiger partial charge in [-0.1, -0.05) is 6.07 Å². The van der Waals surface area contributed by atoms with E-state index in [0.29, 0.717) is 5.69 Å². The second-order valence-electron chi connectivity index (χ2n) is 4.14. The van der Waals surface area contributed by atoms with Crippen LogP contribution in [0.2, 0.25) is 0 Å². The minimum absolute atomic E-state index is 0.0923. The fraction of sp³-hybridized carbons (Fsp3) is 0.500. The van der Waals surface area contributed by atoms with Crippen LogP contribution in [0, 0.1) is 0 Å². The fourth-order valence-corrected chi connectivity index (χ4v) is 2.93. The molecule has 1 aromatic carbocycles. The van der Waals surface area contributed by atoms with Crippen LogP contribution in [0.25, 0.3) is 0 Å². The molecule has 0 amide bonds. The molecule has 1 aliphatic heterocycles. The Morgan fingerprint density at radius 1 is 1.22 bits per heavy atom. The van der Waals surface area contributed by atoms with Crippen molar-refractivity contribution in [2.24, 2.45) is 5.73 Å². The number of hydrogen-bond donors (Lipinski definition) is 1. The third-order valence-corrected chi connectivity index (χ3v) is 3.94. The summed E-state index contributed by atoms with van der Waals surface area (Å²) in [7, 11) is 0. The summed E-state index contributed by atoms with van der Waals surface area (Å²) in [5.74, 6) is 1.92. The molecule has 1 saturated heterocycles. The summed E-state index contributed by atoms with van der Waals surface area (Å²) in [6.07, 6.45) is -4.34. The summed E-state index contributed by atoms with van der Waals surface area (Å²) in [5, 5.41) is 0. The number of thioether (sulfide) groups is 1. The van der Waals surface area contributed by atoms with E-state index >= 15 is 0 Å². The van der Waals surface area contributed by atoms with E-state index in [1.165, 1.54) is 12.1 Å². The SMILES string of the molecule is NCc1ccc(N2CCSCC2)cc1C(F)(F)F. The average Bonchev–Trinajstić information content (AvgIpc) is 2.38. The van der Waals surface area contributed by atoms with Gasteiger partial charge >= 0.3 is 6.18 Å². The number of nitrogens with zero attached hydrogens (tertiary/aromatic N) is 1. The van der Waals surface area contributed by atoms with Crippen LogP contribution in [0.4, 0.5) is 18.9 Å². The van der Waals surface area contributed by atoms with E-state index in [9.17, 15) is 13.2 Å².